The van der Waals surface area contributed by atoms with Crippen LogP contribution in [0.3, 0.4) is 0 Å². The van der Waals surface area contributed by atoms with Gasteiger partial charge in [-0.3, -0.25) is 0 Å². The zero-order valence-corrected chi connectivity index (χ0v) is 12.0. The van der Waals surface area contributed by atoms with Crippen molar-refractivity contribution in [1.82, 2.24) is 0 Å². The number of nitrogen functional groups attached to an aromatic ring is 1. The van der Waals surface area contributed by atoms with E-state index in [1.807, 2.05) is 14.1 Å². The topological polar surface area (TPSA) is 55.6 Å². The lowest BCUT2D eigenvalue weighted by Crippen LogP contribution is -2.16. The average Bonchev–Trinajstić information content (AvgIpc) is 2.45. The van der Waals surface area contributed by atoms with Gasteiger partial charge in [-0.25, -0.2) is 9.18 Å². The number of carbonyl (C=O) groups excluding carboxylic acids is 1. The Balaban J connectivity index is 2.17. The van der Waals surface area contributed by atoms with Crippen LogP contribution >= 0.6 is 0 Å². The van der Waals surface area contributed by atoms with Crippen molar-refractivity contribution in [1.29, 1.82) is 0 Å². The smallest absolute Gasteiger partial charge is 0.340 e. The first-order chi connectivity index (χ1) is 9.99. The number of esters is 1. The molecular weight excluding hydrogens is 271 g/mol. The lowest BCUT2D eigenvalue weighted by atomic mass is 10.1. The molecule has 0 radical (unpaired) electrons. The second-order valence-corrected chi connectivity index (χ2v) is 4.84. The Bertz CT molecular complexity index is 656. The van der Waals surface area contributed by atoms with Crippen LogP contribution in [0.1, 0.15) is 15.9 Å². The van der Waals surface area contributed by atoms with E-state index in [0.717, 1.165) is 0 Å². The summed E-state index contributed by atoms with van der Waals surface area (Å²) in [5.74, 6) is -0.931. The van der Waals surface area contributed by atoms with E-state index in [2.05, 4.69) is 0 Å². The molecule has 2 N–H and O–H groups in total. The zero-order valence-electron chi connectivity index (χ0n) is 12.0. The van der Waals surface area contributed by atoms with E-state index < -0.39 is 11.8 Å². The summed E-state index contributed by atoms with van der Waals surface area (Å²) in [5, 5.41) is 0. The van der Waals surface area contributed by atoms with Crippen LogP contribution in [0.2, 0.25) is 0 Å². The highest BCUT2D eigenvalue weighted by Gasteiger charge is 2.15. The van der Waals surface area contributed by atoms with Crippen molar-refractivity contribution in [3.63, 3.8) is 0 Å². The highest BCUT2D eigenvalue weighted by molar-refractivity contribution is 5.96. The van der Waals surface area contributed by atoms with Gasteiger partial charge in [-0.1, -0.05) is 18.2 Å². The monoisotopic (exact) mass is 288 g/mol. The maximum absolute atomic E-state index is 13.5. The summed E-state index contributed by atoms with van der Waals surface area (Å²) in [5.41, 5.74) is 7.57. The van der Waals surface area contributed by atoms with Gasteiger partial charge in [0.15, 0.2) is 0 Å². The van der Waals surface area contributed by atoms with Gasteiger partial charge in [0.25, 0.3) is 0 Å². The van der Waals surface area contributed by atoms with Crippen LogP contribution in [0.15, 0.2) is 42.5 Å². The van der Waals surface area contributed by atoms with Crippen molar-refractivity contribution in [2.24, 2.45) is 0 Å². The third-order valence-electron chi connectivity index (χ3n) is 3.04. The molecule has 0 atom stereocenters. The van der Waals surface area contributed by atoms with Crippen molar-refractivity contribution < 1.29 is 13.9 Å². The minimum atomic E-state index is -0.533. The number of anilines is 2. The van der Waals surface area contributed by atoms with E-state index in [1.54, 1.807) is 41.3 Å². The fourth-order valence-corrected chi connectivity index (χ4v) is 1.94. The van der Waals surface area contributed by atoms with Crippen LogP contribution < -0.4 is 10.6 Å². The Morgan fingerprint density at radius 1 is 1.24 bits per heavy atom. The van der Waals surface area contributed by atoms with E-state index >= 15 is 0 Å². The van der Waals surface area contributed by atoms with Gasteiger partial charge < -0.3 is 15.4 Å². The molecule has 0 unspecified atom stereocenters. The molecule has 0 aliphatic heterocycles. The first kappa shape index (κ1) is 14.8. The molecular formula is C16H17FN2O2. The zero-order chi connectivity index (χ0) is 15.4. The largest absolute Gasteiger partial charge is 0.457 e. The number of benzene rings is 2. The van der Waals surface area contributed by atoms with Crippen LogP contribution in [-0.4, -0.2) is 20.1 Å². The molecule has 0 fully saturated rings. The van der Waals surface area contributed by atoms with Crippen molar-refractivity contribution in [3.05, 3.63) is 59.4 Å². The number of halogens is 1. The minimum absolute atomic E-state index is 0.118. The molecule has 4 nitrogen and oxygen atoms in total. The molecule has 0 heterocycles. The van der Waals surface area contributed by atoms with Gasteiger partial charge in [0.05, 0.1) is 11.3 Å². The van der Waals surface area contributed by atoms with Gasteiger partial charge in [-0.15, -0.1) is 0 Å². The fraction of sp³-hybridized carbons (Fsp3) is 0.188. The Morgan fingerprint density at radius 2 is 1.95 bits per heavy atom. The van der Waals surface area contributed by atoms with E-state index in [0.29, 0.717) is 22.5 Å². The predicted octanol–water partition coefficient (Wildman–Crippen LogP) is 2.83. The van der Waals surface area contributed by atoms with Gasteiger partial charge in [0.1, 0.15) is 12.4 Å². The molecule has 2 rings (SSSR count). The van der Waals surface area contributed by atoms with Gasteiger partial charge in [-0.2, -0.15) is 0 Å². The maximum atomic E-state index is 13.5. The van der Waals surface area contributed by atoms with Gasteiger partial charge >= 0.3 is 5.97 Å². The molecule has 5 heteroatoms. The van der Waals surface area contributed by atoms with E-state index in [-0.39, 0.29) is 6.61 Å². The molecule has 0 aliphatic carbocycles. The Morgan fingerprint density at radius 3 is 2.62 bits per heavy atom. The Hall–Kier alpha value is -2.56. The normalized spacial score (nSPS) is 10.2. The lowest BCUT2D eigenvalue weighted by Gasteiger charge is -2.17. The molecule has 0 bridgehead atoms. The molecule has 0 spiro atoms. The highest BCUT2D eigenvalue weighted by atomic mass is 19.1. The van der Waals surface area contributed by atoms with E-state index in [4.69, 9.17) is 10.5 Å². The number of hydrogen-bond acceptors (Lipinski definition) is 4. The van der Waals surface area contributed by atoms with Gasteiger partial charge in [0.2, 0.25) is 0 Å². The van der Waals surface area contributed by atoms with Gasteiger partial charge in [-0.05, 0) is 24.3 Å². The lowest BCUT2D eigenvalue weighted by molar-refractivity contribution is 0.0470. The number of hydrogen-bond donors (Lipinski definition) is 1. The first-order valence-electron chi connectivity index (χ1n) is 6.46. The maximum Gasteiger partial charge on any atom is 0.340 e. The summed E-state index contributed by atoms with van der Waals surface area (Å²) in [6.07, 6.45) is 0. The Labute approximate surface area is 122 Å². The summed E-state index contributed by atoms with van der Waals surface area (Å²) < 4.78 is 18.7. The number of rotatable bonds is 4. The summed E-state index contributed by atoms with van der Waals surface area (Å²) in [6.45, 7) is -0.118. The molecule has 2 aromatic rings. The third-order valence-corrected chi connectivity index (χ3v) is 3.04. The van der Waals surface area contributed by atoms with E-state index in [1.165, 1.54) is 6.07 Å². The molecule has 21 heavy (non-hydrogen) atoms. The predicted molar refractivity (Wildman–Crippen MR) is 80.7 cm³/mol. The van der Waals surface area contributed by atoms with Crippen LogP contribution in [0.5, 0.6) is 0 Å². The third kappa shape index (κ3) is 3.51. The van der Waals surface area contributed by atoms with Gasteiger partial charge in [0, 0.05) is 25.3 Å². The van der Waals surface area contributed by atoms with Crippen LogP contribution in [-0.2, 0) is 11.3 Å². The SMILES string of the molecule is CN(C)c1ccc(N)cc1C(=O)OCc1ccccc1F. The summed E-state index contributed by atoms with van der Waals surface area (Å²) >= 11 is 0. The molecule has 0 aromatic heterocycles. The Kier molecular flexibility index (Phi) is 4.42. The molecule has 0 amide bonds. The minimum Gasteiger partial charge on any atom is -0.457 e. The number of nitrogens with zero attached hydrogens (tertiary/aromatic N) is 1. The molecule has 2 aromatic carbocycles. The summed E-state index contributed by atoms with van der Waals surface area (Å²) in [7, 11) is 3.64. The number of carbonyl (C=O) groups is 1. The molecule has 110 valence electrons. The summed E-state index contributed by atoms with van der Waals surface area (Å²) in [4.78, 5) is 14.0. The first-order valence-corrected chi connectivity index (χ1v) is 6.46. The second kappa shape index (κ2) is 6.26. The van der Waals surface area contributed by atoms with Crippen LogP contribution in [0.25, 0.3) is 0 Å². The second-order valence-electron chi connectivity index (χ2n) is 4.84. The van der Waals surface area contributed by atoms with Crippen molar-refractivity contribution in [2.45, 2.75) is 6.61 Å². The average molecular weight is 288 g/mol. The number of nitrogens with two attached hydrogens (primary N) is 1. The molecule has 0 saturated heterocycles. The van der Waals surface area contributed by atoms with Crippen molar-refractivity contribution in [2.75, 3.05) is 24.7 Å². The standard InChI is InChI=1S/C16H17FN2O2/c1-19(2)15-8-7-12(18)9-13(15)16(20)21-10-11-5-3-4-6-14(11)17/h3-9H,10,18H2,1-2H3. The fourth-order valence-electron chi connectivity index (χ4n) is 1.94. The highest BCUT2D eigenvalue weighted by Crippen LogP contribution is 2.23. The van der Waals surface area contributed by atoms with Crippen molar-refractivity contribution in [3.8, 4) is 0 Å². The quantitative estimate of drug-likeness (QED) is 0.694. The van der Waals surface area contributed by atoms with Crippen LogP contribution in [0.4, 0.5) is 15.8 Å². The number of ether oxygens (including phenoxy) is 1. The molecule has 0 saturated carbocycles. The van der Waals surface area contributed by atoms with Crippen LogP contribution in [0, 0.1) is 5.82 Å². The van der Waals surface area contributed by atoms with E-state index in [9.17, 15) is 9.18 Å². The van der Waals surface area contributed by atoms with Crippen molar-refractivity contribution >= 4 is 17.3 Å². The molecule has 0 aliphatic rings. The summed E-state index contributed by atoms with van der Waals surface area (Å²) in [6, 6.07) is 11.2.